The van der Waals surface area contributed by atoms with Crippen molar-refractivity contribution < 1.29 is 14.3 Å². The fourth-order valence-electron chi connectivity index (χ4n) is 3.77. The van der Waals surface area contributed by atoms with Crippen LogP contribution in [0.4, 0.5) is 5.69 Å². The molecule has 1 N–H and O–H groups in total. The maximum Gasteiger partial charge on any atom is 0.261 e. The molecule has 30 heavy (non-hydrogen) atoms. The van der Waals surface area contributed by atoms with Crippen molar-refractivity contribution in [3.05, 3.63) is 54.1 Å². The summed E-state index contributed by atoms with van der Waals surface area (Å²) in [6.07, 6.45) is 2.56. The molecule has 5 nitrogen and oxygen atoms in total. The Balaban J connectivity index is 1.56. The summed E-state index contributed by atoms with van der Waals surface area (Å²) in [6, 6.07) is 15.8. The number of methoxy groups -OCH3 is 1. The largest absolute Gasteiger partial charge is 0.497 e. The smallest absolute Gasteiger partial charge is 0.261 e. The van der Waals surface area contributed by atoms with E-state index in [1.807, 2.05) is 38.1 Å². The van der Waals surface area contributed by atoms with E-state index in [0.717, 1.165) is 30.3 Å². The van der Waals surface area contributed by atoms with Gasteiger partial charge in [-0.2, -0.15) is 0 Å². The van der Waals surface area contributed by atoms with Crippen LogP contribution in [0.5, 0.6) is 11.5 Å². The molecule has 0 radical (unpaired) electrons. The molecule has 0 unspecified atom stereocenters. The number of piperidine rings is 1. The van der Waals surface area contributed by atoms with E-state index >= 15 is 0 Å². The zero-order chi connectivity index (χ0) is 21.5. The first-order valence-electron chi connectivity index (χ1n) is 11.0. The van der Waals surface area contributed by atoms with Crippen molar-refractivity contribution in [3.63, 3.8) is 0 Å². The molecule has 3 rings (SSSR count). The standard InChI is InChI=1S/C25H34N2O3/c1-5-24(30-23-12-10-22(29-4)11-13-23)25(28)26-19(3)20-6-8-21(9-7-20)27-16-14-18(2)15-17-27/h6-13,18-19,24H,5,14-17H2,1-4H3,(H,26,28)/t19-,24-/m1/s1. The number of nitrogens with zero attached hydrogens (tertiary/aromatic N) is 1. The normalized spacial score (nSPS) is 16.6. The quantitative estimate of drug-likeness (QED) is 0.668. The van der Waals surface area contributed by atoms with Crippen LogP contribution in [0.1, 0.15) is 51.6 Å². The highest BCUT2D eigenvalue weighted by Crippen LogP contribution is 2.25. The number of rotatable bonds is 8. The van der Waals surface area contributed by atoms with Gasteiger partial charge in [0.05, 0.1) is 13.2 Å². The number of amides is 1. The lowest BCUT2D eigenvalue weighted by atomic mass is 9.98. The number of hydrogen-bond donors (Lipinski definition) is 1. The average Bonchev–Trinajstić information content (AvgIpc) is 2.78. The van der Waals surface area contributed by atoms with Crippen LogP contribution >= 0.6 is 0 Å². The van der Waals surface area contributed by atoms with Gasteiger partial charge in [-0.25, -0.2) is 0 Å². The minimum Gasteiger partial charge on any atom is -0.497 e. The minimum absolute atomic E-state index is 0.0820. The second-order valence-electron chi connectivity index (χ2n) is 8.18. The Morgan fingerprint density at radius 1 is 1.07 bits per heavy atom. The molecule has 1 fully saturated rings. The molecule has 1 aliphatic heterocycles. The molecule has 2 aromatic rings. The summed E-state index contributed by atoms with van der Waals surface area (Å²) < 4.78 is 11.1. The van der Waals surface area contributed by atoms with E-state index in [0.29, 0.717) is 12.2 Å². The predicted molar refractivity (Wildman–Crippen MR) is 121 cm³/mol. The molecular formula is C25H34N2O3. The van der Waals surface area contributed by atoms with Gasteiger partial charge in [0.25, 0.3) is 5.91 Å². The van der Waals surface area contributed by atoms with E-state index in [2.05, 4.69) is 41.4 Å². The van der Waals surface area contributed by atoms with Crippen molar-refractivity contribution in [2.24, 2.45) is 5.92 Å². The molecule has 1 heterocycles. The van der Waals surface area contributed by atoms with Gasteiger partial charge in [0.15, 0.2) is 6.10 Å². The van der Waals surface area contributed by atoms with Gasteiger partial charge in [-0.1, -0.05) is 26.0 Å². The Kier molecular flexibility index (Phi) is 7.61. The average molecular weight is 411 g/mol. The summed E-state index contributed by atoms with van der Waals surface area (Å²) >= 11 is 0. The van der Waals surface area contributed by atoms with Gasteiger partial charge >= 0.3 is 0 Å². The predicted octanol–water partition coefficient (Wildman–Crippen LogP) is 4.97. The summed E-state index contributed by atoms with van der Waals surface area (Å²) in [6.45, 7) is 8.52. The topological polar surface area (TPSA) is 50.8 Å². The van der Waals surface area contributed by atoms with Crippen molar-refractivity contribution in [3.8, 4) is 11.5 Å². The van der Waals surface area contributed by atoms with Crippen LogP contribution in [0.25, 0.3) is 0 Å². The van der Waals surface area contributed by atoms with Crippen molar-refractivity contribution >= 4 is 11.6 Å². The van der Waals surface area contributed by atoms with Gasteiger partial charge < -0.3 is 19.7 Å². The van der Waals surface area contributed by atoms with E-state index in [1.165, 1.54) is 18.5 Å². The van der Waals surface area contributed by atoms with E-state index in [9.17, 15) is 4.79 Å². The highest BCUT2D eigenvalue weighted by atomic mass is 16.5. The Bertz CT molecular complexity index is 796. The molecule has 0 spiro atoms. The van der Waals surface area contributed by atoms with Crippen molar-refractivity contribution in [1.82, 2.24) is 5.32 Å². The zero-order valence-corrected chi connectivity index (χ0v) is 18.6. The second kappa shape index (κ2) is 10.4. The zero-order valence-electron chi connectivity index (χ0n) is 18.6. The number of anilines is 1. The Morgan fingerprint density at radius 2 is 1.67 bits per heavy atom. The van der Waals surface area contributed by atoms with Crippen molar-refractivity contribution in [2.45, 2.75) is 52.2 Å². The molecule has 0 aromatic heterocycles. The summed E-state index contributed by atoms with van der Waals surface area (Å²) in [5.74, 6) is 2.14. The first-order valence-corrected chi connectivity index (χ1v) is 11.0. The number of ether oxygens (including phenoxy) is 2. The molecule has 0 bridgehead atoms. The molecule has 1 saturated heterocycles. The van der Waals surface area contributed by atoms with Crippen LogP contribution in [-0.4, -0.2) is 32.2 Å². The summed E-state index contributed by atoms with van der Waals surface area (Å²) in [7, 11) is 1.62. The third-order valence-electron chi connectivity index (χ3n) is 5.90. The molecule has 0 saturated carbocycles. The Labute approximate surface area is 180 Å². The van der Waals surface area contributed by atoms with Gasteiger partial charge in [0.1, 0.15) is 11.5 Å². The SMILES string of the molecule is CC[C@@H](Oc1ccc(OC)cc1)C(=O)N[C@H](C)c1ccc(N2CCC(C)CC2)cc1. The van der Waals surface area contributed by atoms with Crippen LogP contribution < -0.4 is 19.7 Å². The molecule has 0 aliphatic carbocycles. The van der Waals surface area contributed by atoms with E-state index in [4.69, 9.17) is 9.47 Å². The second-order valence-corrected chi connectivity index (χ2v) is 8.18. The molecule has 1 aliphatic rings. The molecular weight excluding hydrogens is 376 g/mol. The highest BCUT2D eigenvalue weighted by molar-refractivity contribution is 5.81. The van der Waals surface area contributed by atoms with E-state index in [1.54, 1.807) is 7.11 Å². The molecule has 162 valence electrons. The lowest BCUT2D eigenvalue weighted by Crippen LogP contribution is -2.39. The van der Waals surface area contributed by atoms with Crippen LogP contribution in [0, 0.1) is 5.92 Å². The van der Waals surface area contributed by atoms with E-state index in [-0.39, 0.29) is 11.9 Å². The summed E-state index contributed by atoms with van der Waals surface area (Å²) in [5, 5.41) is 3.09. The van der Waals surface area contributed by atoms with Gasteiger partial charge in [-0.3, -0.25) is 4.79 Å². The molecule has 2 atom stereocenters. The van der Waals surface area contributed by atoms with Crippen LogP contribution in [0.3, 0.4) is 0 Å². The maximum atomic E-state index is 12.8. The van der Waals surface area contributed by atoms with Crippen LogP contribution in [0.15, 0.2) is 48.5 Å². The lowest BCUT2D eigenvalue weighted by Gasteiger charge is -2.32. The summed E-state index contributed by atoms with van der Waals surface area (Å²) in [4.78, 5) is 15.2. The highest BCUT2D eigenvalue weighted by Gasteiger charge is 2.21. The Morgan fingerprint density at radius 3 is 2.23 bits per heavy atom. The third-order valence-corrected chi connectivity index (χ3v) is 5.90. The van der Waals surface area contributed by atoms with Crippen molar-refractivity contribution in [2.75, 3.05) is 25.1 Å². The van der Waals surface area contributed by atoms with Gasteiger partial charge in [-0.15, -0.1) is 0 Å². The van der Waals surface area contributed by atoms with Gasteiger partial charge in [0, 0.05) is 18.8 Å². The number of carbonyl (C=O) groups excluding carboxylic acids is 1. The first kappa shape index (κ1) is 22.0. The van der Waals surface area contributed by atoms with Gasteiger partial charge in [-0.05, 0) is 74.1 Å². The monoisotopic (exact) mass is 410 g/mol. The molecule has 5 heteroatoms. The fourth-order valence-corrected chi connectivity index (χ4v) is 3.77. The van der Waals surface area contributed by atoms with Gasteiger partial charge in [0.2, 0.25) is 0 Å². The third kappa shape index (κ3) is 5.68. The minimum atomic E-state index is -0.532. The van der Waals surface area contributed by atoms with E-state index < -0.39 is 6.10 Å². The fraction of sp³-hybridized carbons (Fsp3) is 0.480. The van der Waals surface area contributed by atoms with Crippen LogP contribution in [0.2, 0.25) is 0 Å². The van der Waals surface area contributed by atoms with Crippen molar-refractivity contribution in [1.29, 1.82) is 0 Å². The Hall–Kier alpha value is -2.69. The molecule has 1 amide bonds. The summed E-state index contributed by atoms with van der Waals surface area (Å²) in [5.41, 5.74) is 2.36. The first-order chi connectivity index (χ1) is 14.5. The molecule has 2 aromatic carbocycles. The lowest BCUT2D eigenvalue weighted by molar-refractivity contribution is -0.128. The number of benzene rings is 2. The number of carbonyl (C=O) groups is 1. The number of nitrogens with one attached hydrogen (secondary N) is 1. The van der Waals surface area contributed by atoms with Crippen LogP contribution in [-0.2, 0) is 4.79 Å². The maximum absolute atomic E-state index is 12.8. The number of hydrogen-bond acceptors (Lipinski definition) is 4.